The largest absolute Gasteiger partial charge is 0.288 e. The molecule has 0 aromatic heterocycles. The topological polar surface area (TPSA) is 49.3 Å². The molecule has 0 spiro atoms. The lowest BCUT2D eigenvalue weighted by Gasteiger charge is -2.05. The predicted octanol–water partition coefficient (Wildman–Crippen LogP) is 3.43. The number of hydrogen-bond acceptors (Lipinski definition) is 2. The highest BCUT2D eigenvalue weighted by atomic mass is 16.5. The Kier molecular flexibility index (Phi) is 4.87. The maximum atomic E-state index is 10.8. The fourth-order valence-electron chi connectivity index (χ4n) is 1.86. The van der Waals surface area contributed by atoms with Crippen molar-refractivity contribution in [2.24, 2.45) is 0 Å². The third-order valence-corrected chi connectivity index (χ3v) is 2.79. The first-order chi connectivity index (χ1) is 9.81. The van der Waals surface area contributed by atoms with E-state index < -0.39 is 5.91 Å². The molecule has 2 aromatic carbocycles. The van der Waals surface area contributed by atoms with E-state index in [1.165, 1.54) is 6.08 Å². The van der Waals surface area contributed by atoms with Gasteiger partial charge in [-0.15, -0.1) is 0 Å². The second kappa shape index (κ2) is 7.07. The number of amides is 1. The van der Waals surface area contributed by atoms with E-state index in [-0.39, 0.29) is 0 Å². The van der Waals surface area contributed by atoms with Gasteiger partial charge in [-0.1, -0.05) is 72.8 Å². The first-order valence-electron chi connectivity index (χ1n) is 6.24. The van der Waals surface area contributed by atoms with Crippen molar-refractivity contribution in [1.82, 2.24) is 5.48 Å². The van der Waals surface area contributed by atoms with E-state index in [1.54, 1.807) is 17.6 Å². The lowest BCUT2D eigenvalue weighted by molar-refractivity contribution is -0.124. The Labute approximate surface area is 117 Å². The van der Waals surface area contributed by atoms with Crippen molar-refractivity contribution in [2.45, 2.75) is 0 Å². The first kappa shape index (κ1) is 13.8. The molecule has 0 bridgehead atoms. The Morgan fingerprint density at radius 1 is 0.950 bits per heavy atom. The molecular weight excluding hydrogens is 250 g/mol. The van der Waals surface area contributed by atoms with Gasteiger partial charge in [0, 0.05) is 6.08 Å². The minimum atomic E-state index is -0.550. The van der Waals surface area contributed by atoms with E-state index in [2.05, 4.69) is 18.2 Å². The molecular formula is C17H15NO2. The summed E-state index contributed by atoms with van der Waals surface area (Å²) >= 11 is 0. The normalized spacial score (nSPS) is 11.1. The molecule has 2 rings (SSSR count). The summed E-state index contributed by atoms with van der Waals surface area (Å²) in [6, 6.07) is 18.1. The predicted molar refractivity (Wildman–Crippen MR) is 80.0 cm³/mol. The lowest BCUT2D eigenvalue weighted by atomic mass is 9.99. The van der Waals surface area contributed by atoms with E-state index in [9.17, 15) is 4.79 Å². The molecule has 0 radical (unpaired) electrons. The van der Waals surface area contributed by atoms with Crippen molar-refractivity contribution in [3.8, 4) is 11.1 Å². The number of rotatable bonds is 4. The fourth-order valence-corrected chi connectivity index (χ4v) is 1.86. The second-order valence-corrected chi connectivity index (χ2v) is 4.15. The van der Waals surface area contributed by atoms with Crippen molar-refractivity contribution in [2.75, 3.05) is 0 Å². The molecule has 0 aliphatic heterocycles. The zero-order chi connectivity index (χ0) is 14.2. The molecule has 0 aliphatic carbocycles. The van der Waals surface area contributed by atoms with Gasteiger partial charge < -0.3 is 0 Å². The van der Waals surface area contributed by atoms with Gasteiger partial charge in [0.2, 0.25) is 0 Å². The van der Waals surface area contributed by atoms with Crippen molar-refractivity contribution < 1.29 is 10.0 Å². The van der Waals surface area contributed by atoms with Gasteiger partial charge in [0.25, 0.3) is 5.91 Å². The summed E-state index contributed by atoms with van der Waals surface area (Å²) in [5.41, 5.74) is 4.88. The molecule has 0 fully saturated rings. The standard InChI is InChI=1S/C17H15NO2/c19-17(18-20)13-7-5-11-15-10-4-6-12-16(15)14-8-2-1-3-9-14/h1-13,20H,(H,18,19)/b11-5+,13-7+. The minimum Gasteiger partial charge on any atom is -0.288 e. The van der Waals surface area contributed by atoms with Crippen LogP contribution in [-0.2, 0) is 4.79 Å². The Balaban J connectivity index is 2.23. The smallest absolute Gasteiger partial charge is 0.267 e. The van der Waals surface area contributed by atoms with Gasteiger partial charge in [-0.3, -0.25) is 10.0 Å². The molecule has 2 N–H and O–H groups in total. The zero-order valence-electron chi connectivity index (χ0n) is 10.9. The number of allylic oxidation sites excluding steroid dienone is 2. The van der Waals surface area contributed by atoms with Gasteiger partial charge in [-0.2, -0.15) is 0 Å². The summed E-state index contributed by atoms with van der Waals surface area (Å²) in [7, 11) is 0. The highest BCUT2D eigenvalue weighted by Crippen LogP contribution is 2.24. The van der Waals surface area contributed by atoms with Gasteiger partial charge in [-0.25, -0.2) is 5.48 Å². The maximum Gasteiger partial charge on any atom is 0.267 e. The van der Waals surface area contributed by atoms with Crippen LogP contribution in [0.3, 0.4) is 0 Å². The summed E-state index contributed by atoms with van der Waals surface area (Å²) in [6.45, 7) is 0. The van der Waals surface area contributed by atoms with Crippen LogP contribution >= 0.6 is 0 Å². The third-order valence-electron chi connectivity index (χ3n) is 2.79. The van der Waals surface area contributed by atoms with Crippen LogP contribution in [0.4, 0.5) is 0 Å². The molecule has 20 heavy (non-hydrogen) atoms. The summed E-state index contributed by atoms with van der Waals surface area (Å²) in [6.07, 6.45) is 6.51. The average molecular weight is 265 g/mol. The highest BCUT2D eigenvalue weighted by Gasteiger charge is 2.00. The number of nitrogens with one attached hydrogen (secondary N) is 1. The van der Waals surface area contributed by atoms with Crippen molar-refractivity contribution in [3.05, 3.63) is 78.4 Å². The summed E-state index contributed by atoms with van der Waals surface area (Å²) in [5, 5.41) is 8.37. The minimum absolute atomic E-state index is 0.550. The molecule has 1 amide bonds. The van der Waals surface area contributed by atoms with E-state index >= 15 is 0 Å². The zero-order valence-corrected chi connectivity index (χ0v) is 10.9. The highest BCUT2D eigenvalue weighted by molar-refractivity contribution is 5.87. The Bertz CT molecular complexity index is 630. The van der Waals surface area contributed by atoms with Crippen LogP contribution < -0.4 is 5.48 Å². The van der Waals surface area contributed by atoms with Crippen LogP contribution in [0, 0.1) is 0 Å². The van der Waals surface area contributed by atoms with E-state index in [1.807, 2.05) is 42.5 Å². The number of benzene rings is 2. The maximum absolute atomic E-state index is 10.8. The molecule has 0 unspecified atom stereocenters. The van der Waals surface area contributed by atoms with Gasteiger partial charge >= 0.3 is 0 Å². The Hall–Kier alpha value is -2.65. The van der Waals surface area contributed by atoms with Crippen LogP contribution in [0.15, 0.2) is 72.8 Å². The summed E-state index contributed by atoms with van der Waals surface area (Å²) < 4.78 is 0. The van der Waals surface area contributed by atoms with Gasteiger partial charge in [-0.05, 0) is 16.7 Å². The number of hydroxylamine groups is 1. The van der Waals surface area contributed by atoms with E-state index in [0.717, 1.165) is 16.7 Å². The van der Waals surface area contributed by atoms with Crippen LogP contribution in [0.5, 0.6) is 0 Å². The van der Waals surface area contributed by atoms with Gasteiger partial charge in [0.05, 0.1) is 0 Å². The van der Waals surface area contributed by atoms with Crippen molar-refractivity contribution in [1.29, 1.82) is 0 Å². The monoisotopic (exact) mass is 265 g/mol. The SMILES string of the molecule is O=C(/C=C/C=C/c1ccccc1-c1ccccc1)NO. The van der Waals surface area contributed by atoms with Gasteiger partial charge in [0.1, 0.15) is 0 Å². The summed E-state index contributed by atoms with van der Waals surface area (Å²) in [5.74, 6) is -0.550. The molecule has 0 heterocycles. The number of carbonyl (C=O) groups excluding carboxylic acids is 1. The van der Waals surface area contributed by atoms with Gasteiger partial charge in [0.15, 0.2) is 0 Å². The van der Waals surface area contributed by atoms with Crippen LogP contribution in [0.1, 0.15) is 5.56 Å². The molecule has 0 saturated carbocycles. The van der Waals surface area contributed by atoms with Crippen LogP contribution in [-0.4, -0.2) is 11.1 Å². The molecule has 0 atom stereocenters. The second-order valence-electron chi connectivity index (χ2n) is 4.15. The molecule has 0 saturated heterocycles. The van der Waals surface area contributed by atoms with Crippen molar-refractivity contribution >= 4 is 12.0 Å². The van der Waals surface area contributed by atoms with Crippen LogP contribution in [0.25, 0.3) is 17.2 Å². The molecule has 3 nitrogen and oxygen atoms in total. The number of carbonyl (C=O) groups is 1. The van der Waals surface area contributed by atoms with Crippen LogP contribution in [0.2, 0.25) is 0 Å². The Morgan fingerprint density at radius 2 is 1.65 bits per heavy atom. The first-order valence-corrected chi connectivity index (χ1v) is 6.24. The van der Waals surface area contributed by atoms with E-state index in [4.69, 9.17) is 5.21 Å². The quantitative estimate of drug-likeness (QED) is 0.385. The molecule has 3 heteroatoms. The van der Waals surface area contributed by atoms with E-state index in [0.29, 0.717) is 0 Å². The lowest BCUT2D eigenvalue weighted by Crippen LogP contribution is -2.14. The third kappa shape index (κ3) is 3.67. The molecule has 2 aromatic rings. The fraction of sp³-hybridized carbons (Fsp3) is 0. The van der Waals surface area contributed by atoms with Crippen molar-refractivity contribution in [3.63, 3.8) is 0 Å². The molecule has 100 valence electrons. The molecule has 0 aliphatic rings. The average Bonchev–Trinajstić information content (AvgIpc) is 2.52. The summed E-state index contributed by atoms with van der Waals surface area (Å²) in [4.78, 5) is 10.8. The number of hydrogen-bond donors (Lipinski definition) is 2. The Morgan fingerprint density at radius 3 is 2.40 bits per heavy atom.